The Morgan fingerprint density at radius 1 is 1.25 bits per heavy atom. The number of carbonyl (C=O) groups is 2. The van der Waals surface area contributed by atoms with E-state index in [1.165, 1.54) is 0 Å². The van der Waals surface area contributed by atoms with Gasteiger partial charge in [-0.2, -0.15) is 0 Å². The average molecular weight is 294 g/mol. The third-order valence-electron chi connectivity index (χ3n) is 4.23. The van der Waals surface area contributed by atoms with Crippen LogP contribution in [0.3, 0.4) is 0 Å². The molecule has 4 nitrogen and oxygen atoms in total. The number of likely N-dealkylation sites (tertiary alicyclic amines) is 1. The van der Waals surface area contributed by atoms with Gasteiger partial charge in [0.25, 0.3) is 0 Å². The van der Waals surface area contributed by atoms with Crippen LogP contribution in [0.4, 0.5) is 4.79 Å². The van der Waals surface area contributed by atoms with Crippen LogP contribution in [0.2, 0.25) is 0 Å². The van der Waals surface area contributed by atoms with Crippen molar-refractivity contribution >= 4 is 22.9 Å². The summed E-state index contributed by atoms with van der Waals surface area (Å²) < 4.78 is 5.32. The summed E-state index contributed by atoms with van der Waals surface area (Å²) in [4.78, 5) is 25.3. The number of benzene rings is 1. The van der Waals surface area contributed by atoms with Gasteiger partial charge in [-0.1, -0.05) is 30.3 Å². The largest absolute Gasteiger partial charge is 0.445 e. The Balaban J connectivity index is 1.66. The van der Waals surface area contributed by atoms with Gasteiger partial charge >= 0.3 is 6.09 Å². The fraction of sp³-hybridized carbons (Fsp3) is 0.467. The zero-order valence-corrected chi connectivity index (χ0v) is 11.8. The highest BCUT2D eigenvalue weighted by atomic mass is 35.5. The number of nitrogens with zero attached hydrogens (tertiary/aromatic N) is 1. The number of hydrogen-bond acceptors (Lipinski definition) is 3. The maximum Gasteiger partial charge on any atom is 0.411 e. The van der Waals surface area contributed by atoms with Crippen LogP contribution >= 0.6 is 11.6 Å². The molecule has 1 aromatic carbocycles. The third-order valence-corrected chi connectivity index (χ3v) is 4.46. The zero-order valence-electron chi connectivity index (χ0n) is 11.0. The molecule has 5 heteroatoms. The summed E-state index contributed by atoms with van der Waals surface area (Å²) in [6.45, 7) is 0.219. The van der Waals surface area contributed by atoms with Crippen molar-refractivity contribution in [2.75, 3.05) is 0 Å². The molecule has 1 saturated carbocycles. The van der Waals surface area contributed by atoms with Crippen LogP contribution in [-0.2, 0) is 16.1 Å². The Hall–Kier alpha value is -1.55. The van der Waals surface area contributed by atoms with Gasteiger partial charge in [-0.3, -0.25) is 9.69 Å². The van der Waals surface area contributed by atoms with Gasteiger partial charge in [0.15, 0.2) is 0 Å². The monoisotopic (exact) mass is 293 g/mol. The molecule has 1 saturated heterocycles. The van der Waals surface area contributed by atoms with Gasteiger partial charge < -0.3 is 4.74 Å². The van der Waals surface area contributed by atoms with E-state index in [-0.39, 0.29) is 18.6 Å². The molecule has 1 amide bonds. The van der Waals surface area contributed by atoms with E-state index >= 15 is 0 Å². The summed E-state index contributed by atoms with van der Waals surface area (Å²) >= 11 is 5.65. The smallest absolute Gasteiger partial charge is 0.411 e. The zero-order chi connectivity index (χ0) is 14.1. The number of ether oxygens (including phenoxy) is 1. The minimum absolute atomic E-state index is 0.107. The fourth-order valence-corrected chi connectivity index (χ4v) is 3.62. The highest BCUT2D eigenvalue weighted by Gasteiger charge is 2.51. The van der Waals surface area contributed by atoms with E-state index in [9.17, 15) is 9.59 Å². The lowest BCUT2D eigenvalue weighted by molar-refractivity contribution is -0.117. The number of piperidine rings is 1. The van der Waals surface area contributed by atoms with Crippen molar-refractivity contribution < 1.29 is 14.3 Å². The number of carbonyl (C=O) groups excluding carboxylic acids is 2. The van der Waals surface area contributed by atoms with Gasteiger partial charge in [-0.15, -0.1) is 0 Å². The molecular formula is C15H16ClNO3. The topological polar surface area (TPSA) is 46.6 Å². The van der Waals surface area contributed by atoms with Gasteiger partial charge in [-0.25, -0.2) is 4.79 Å². The fourth-order valence-electron chi connectivity index (χ4n) is 3.34. The Labute approximate surface area is 122 Å². The van der Waals surface area contributed by atoms with Gasteiger partial charge in [0.05, 0.1) is 0 Å². The van der Waals surface area contributed by atoms with Gasteiger partial charge in [0, 0.05) is 6.04 Å². The first-order valence-electron chi connectivity index (χ1n) is 6.85. The number of fused-ring (bicyclic) bond motifs is 2. The lowest BCUT2D eigenvalue weighted by atomic mass is 10.0. The molecule has 1 aliphatic carbocycles. The summed E-state index contributed by atoms with van der Waals surface area (Å²) in [5, 5.41) is -0.450. The van der Waals surface area contributed by atoms with Crippen molar-refractivity contribution in [2.24, 2.45) is 5.92 Å². The molecule has 0 unspecified atom stereocenters. The quantitative estimate of drug-likeness (QED) is 0.805. The van der Waals surface area contributed by atoms with E-state index in [1.54, 1.807) is 4.90 Å². The van der Waals surface area contributed by atoms with Crippen molar-refractivity contribution in [1.29, 1.82) is 0 Å². The lowest BCUT2D eigenvalue weighted by Crippen LogP contribution is -2.48. The summed E-state index contributed by atoms with van der Waals surface area (Å²) in [6, 6.07) is 9.10. The summed E-state index contributed by atoms with van der Waals surface area (Å²) in [7, 11) is 0. The van der Waals surface area contributed by atoms with Gasteiger partial charge in [0.2, 0.25) is 5.24 Å². The van der Waals surface area contributed by atoms with Crippen molar-refractivity contribution in [3.8, 4) is 0 Å². The molecule has 3 atom stereocenters. The summed E-state index contributed by atoms with van der Waals surface area (Å²) in [5.74, 6) is 0.203. The Bertz CT molecular complexity index is 519. The molecule has 1 heterocycles. The first kappa shape index (κ1) is 13.4. The Kier molecular flexibility index (Phi) is 3.66. The van der Waals surface area contributed by atoms with E-state index in [2.05, 4.69) is 0 Å². The van der Waals surface area contributed by atoms with Crippen molar-refractivity contribution in [2.45, 2.75) is 38.0 Å². The highest BCUT2D eigenvalue weighted by Crippen LogP contribution is 2.43. The van der Waals surface area contributed by atoms with Crippen LogP contribution in [0.1, 0.15) is 24.8 Å². The van der Waals surface area contributed by atoms with Crippen molar-refractivity contribution in [3.05, 3.63) is 35.9 Å². The minimum atomic E-state index is -0.501. The lowest BCUT2D eigenvalue weighted by Gasteiger charge is -2.32. The van der Waals surface area contributed by atoms with Crippen LogP contribution in [0.25, 0.3) is 0 Å². The first-order valence-corrected chi connectivity index (χ1v) is 7.23. The predicted molar refractivity (Wildman–Crippen MR) is 74.2 cm³/mol. The normalized spacial score (nSPS) is 27.6. The molecule has 1 aromatic rings. The standard InChI is InChI=1S/C15H16ClNO3/c16-14(18)13-11-6-7-12(8-11)17(13)15(19)20-9-10-4-2-1-3-5-10/h1-5,11-13H,6-9H2/t11-,12+,13-/m0/s1. The van der Waals surface area contributed by atoms with Crippen LogP contribution in [0.15, 0.2) is 30.3 Å². The number of hydrogen-bond donors (Lipinski definition) is 0. The average Bonchev–Trinajstić information content (AvgIpc) is 3.06. The maximum absolute atomic E-state index is 12.2. The van der Waals surface area contributed by atoms with Gasteiger partial charge in [-0.05, 0) is 42.3 Å². The molecular weight excluding hydrogens is 278 g/mol. The first-order chi connectivity index (χ1) is 9.66. The van der Waals surface area contributed by atoms with E-state index in [1.807, 2.05) is 30.3 Å². The van der Waals surface area contributed by atoms with E-state index < -0.39 is 17.4 Å². The molecule has 2 fully saturated rings. The van der Waals surface area contributed by atoms with Crippen molar-refractivity contribution in [1.82, 2.24) is 4.90 Å². The summed E-state index contributed by atoms with van der Waals surface area (Å²) in [6.07, 6.45) is 2.34. The number of halogens is 1. The molecule has 1 aliphatic heterocycles. The third kappa shape index (κ3) is 2.40. The van der Waals surface area contributed by atoms with E-state index in [0.29, 0.717) is 0 Å². The number of amides is 1. The van der Waals surface area contributed by atoms with Crippen LogP contribution < -0.4 is 0 Å². The molecule has 2 bridgehead atoms. The van der Waals surface area contributed by atoms with E-state index in [0.717, 1.165) is 24.8 Å². The van der Waals surface area contributed by atoms with Crippen LogP contribution in [-0.4, -0.2) is 28.3 Å². The molecule has 20 heavy (non-hydrogen) atoms. The number of rotatable bonds is 3. The second-order valence-corrected chi connectivity index (χ2v) is 5.80. The predicted octanol–water partition coefficient (Wildman–Crippen LogP) is 2.94. The van der Waals surface area contributed by atoms with Gasteiger partial charge in [0.1, 0.15) is 12.6 Å². The SMILES string of the molecule is O=C(Cl)[C@@H]1[C@H]2CC[C@H](C2)N1C(=O)OCc1ccccc1. The highest BCUT2D eigenvalue weighted by molar-refractivity contribution is 6.64. The molecule has 0 spiro atoms. The molecule has 3 rings (SSSR count). The van der Waals surface area contributed by atoms with E-state index in [4.69, 9.17) is 16.3 Å². The van der Waals surface area contributed by atoms with Crippen LogP contribution in [0, 0.1) is 5.92 Å². The van der Waals surface area contributed by atoms with Crippen molar-refractivity contribution in [3.63, 3.8) is 0 Å². The second-order valence-electron chi connectivity index (χ2n) is 5.42. The maximum atomic E-state index is 12.2. The van der Waals surface area contributed by atoms with Crippen LogP contribution in [0.5, 0.6) is 0 Å². The summed E-state index contributed by atoms with van der Waals surface area (Å²) in [5.41, 5.74) is 0.930. The molecule has 0 N–H and O–H groups in total. The Morgan fingerprint density at radius 2 is 2.00 bits per heavy atom. The molecule has 106 valence electrons. The molecule has 0 aromatic heterocycles. The Morgan fingerprint density at radius 3 is 2.70 bits per heavy atom. The second kappa shape index (κ2) is 5.44. The minimum Gasteiger partial charge on any atom is -0.445 e. The molecule has 0 radical (unpaired) electrons. The molecule has 2 aliphatic rings.